The van der Waals surface area contributed by atoms with Gasteiger partial charge in [-0.05, 0) is 35.1 Å². The number of benzene rings is 1. The monoisotopic (exact) mass is 236 g/mol. The van der Waals surface area contributed by atoms with Crippen LogP contribution in [-0.4, -0.2) is 6.29 Å². The van der Waals surface area contributed by atoms with Crippen molar-refractivity contribution in [2.45, 2.75) is 19.8 Å². The Hall–Kier alpha value is -1.89. The molecule has 1 heteroatoms. The van der Waals surface area contributed by atoms with Crippen molar-refractivity contribution in [2.24, 2.45) is 5.41 Å². The van der Waals surface area contributed by atoms with E-state index < -0.39 is 5.41 Å². The van der Waals surface area contributed by atoms with Gasteiger partial charge >= 0.3 is 0 Å². The molecule has 90 valence electrons. The minimum absolute atomic E-state index is 0.417. The Bertz CT molecular complexity index is 589. The van der Waals surface area contributed by atoms with E-state index in [1.54, 1.807) is 0 Å². The Morgan fingerprint density at radius 3 is 2.78 bits per heavy atom. The fourth-order valence-electron chi connectivity index (χ4n) is 2.70. The van der Waals surface area contributed by atoms with Gasteiger partial charge in [0.15, 0.2) is 0 Å². The van der Waals surface area contributed by atoms with Crippen molar-refractivity contribution in [3.05, 3.63) is 65.3 Å². The molecule has 3 rings (SSSR count). The second kappa shape index (κ2) is 4.09. The molecule has 1 nitrogen and oxygen atoms in total. The van der Waals surface area contributed by atoms with Crippen LogP contribution in [0, 0.1) is 5.41 Å². The lowest BCUT2D eigenvalue weighted by molar-refractivity contribution is -0.112. The molecule has 0 saturated carbocycles. The Labute approximate surface area is 108 Å². The van der Waals surface area contributed by atoms with Gasteiger partial charge in [-0.2, -0.15) is 0 Å². The summed E-state index contributed by atoms with van der Waals surface area (Å²) in [6.45, 7) is 2.05. The smallest absolute Gasteiger partial charge is 0.133 e. The van der Waals surface area contributed by atoms with E-state index in [0.29, 0.717) is 0 Å². The summed E-state index contributed by atoms with van der Waals surface area (Å²) < 4.78 is 0. The third-order valence-electron chi connectivity index (χ3n) is 4.02. The first-order valence-corrected chi connectivity index (χ1v) is 6.44. The van der Waals surface area contributed by atoms with Crippen molar-refractivity contribution in [1.82, 2.24) is 0 Å². The molecular weight excluding hydrogens is 220 g/mol. The highest BCUT2D eigenvalue weighted by Crippen LogP contribution is 2.38. The van der Waals surface area contributed by atoms with Crippen LogP contribution in [0.3, 0.4) is 0 Å². The molecular formula is C17H16O. The third kappa shape index (κ3) is 1.59. The predicted octanol–water partition coefficient (Wildman–Crippen LogP) is 3.72. The number of fused-ring (bicyclic) bond motifs is 2. The van der Waals surface area contributed by atoms with E-state index in [4.69, 9.17) is 0 Å². The minimum Gasteiger partial charge on any atom is -0.302 e. The molecule has 0 N–H and O–H groups in total. The van der Waals surface area contributed by atoms with Crippen molar-refractivity contribution in [3.8, 4) is 0 Å². The van der Waals surface area contributed by atoms with Crippen molar-refractivity contribution in [1.29, 1.82) is 0 Å². The summed E-state index contributed by atoms with van der Waals surface area (Å²) in [5, 5.41) is 0. The molecule has 0 radical (unpaired) electrons. The van der Waals surface area contributed by atoms with E-state index in [-0.39, 0.29) is 0 Å². The summed E-state index contributed by atoms with van der Waals surface area (Å²) in [5.74, 6) is 0. The molecule has 1 unspecified atom stereocenters. The van der Waals surface area contributed by atoms with Crippen LogP contribution in [0.15, 0.2) is 54.1 Å². The molecule has 2 aliphatic rings. The number of hydrogen-bond donors (Lipinski definition) is 0. The zero-order valence-electron chi connectivity index (χ0n) is 10.5. The highest BCUT2D eigenvalue weighted by atomic mass is 16.1. The van der Waals surface area contributed by atoms with E-state index in [9.17, 15) is 4.79 Å². The first-order valence-electron chi connectivity index (χ1n) is 6.44. The van der Waals surface area contributed by atoms with Crippen molar-refractivity contribution < 1.29 is 4.79 Å². The number of hydrogen-bond acceptors (Lipinski definition) is 1. The van der Waals surface area contributed by atoms with Crippen molar-refractivity contribution >= 4 is 11.9 Å². The molecule has 0 aromatic heterocycles. The molecule has 0 saturated heterocycles. The van der Waals surface area contributed by atoms with Crippen LogP contribution < -0.4 is 0 Å². The summed E-state index contributed by atoms with van der Waals surface area (Å²) in [4.78, 5) is 11.3. The standard InChI is InChI=1S/C17H16O/c1-2-17(12-18)9-7-14-11-13-5-3-4-6-15(13)16(14)8-10-17/h3-10,12H,2,11H2,1H3. The van der Waals surface area contributed by atoms with Crippen LogP contribution in [0.2, 0.25) is 0 Å². The Morgan fingerprint density at radius 2 is 2.00 bits per heavy atom. The SMILES string of the molecule is CCC1(C=O)C=CC2=C(C=C1)c1ccccc1C2. The van der Waals surface area contributed by atoms with Gasteiger partial charge < -0.3 is 4.79 Å². The molecule has 0 bridgehead atoms. The summed E-state index contributed by atoms with van der Waals surface area (Å²) in [6.07, 6.45) is 11.2. The Balaban J connectivity index is 2.07. The van der Waals surface area contributed by atoms with Crippen LogP contribution >= 0.6 is 0 Å². The molecule has 18 heavy (non-hydrogen) atoms. The molecule has 0 spiro atoms. The summed E-state index contributed by atoms with van der Waals surface area (Å²) in [7, 11) is 0. The lowest BCUT2D eigenvalue weighted by Gasteiger charge is -2.16. The zero-order valence-corrected chi connectivity index (χ0v) is 10.5. The van der Waals surface area contributed by atoms with Crippen LogP contribution in [0.1, 0.15) is 24.5 Å². The van der Waals surface area contributed by atoms with Gasteiger partial charge in [0.2, 0.25) is 0 Å². The number of allylic oxidation sites excluding steroid dienone is 6. The van der Waals surface area contributed by atoms with Crippen molar-refractivity contribution in [2.75, 3.05) is 0 Å². The van der Waals surface area contributed by atoms with Gasteiger partial charge in [0, 0.05) is 0 Å². The van der Waals surface area contributed by atoms with Gasteiger partial charge in [0.05, 0.1) is 5.41 Å². The average Bonchev–Trinajstić information content (AvgIpc) is 2.68. The lowest BCUT2D eigenvalue weighted by atomic mass is 9.86. The highest BCUT2D eigenvalue weighted by molar-refractivity contribution is 5.86. The molecule has 2 aliphatic carbocycles. The van der Waals surface area contributed by atoms with Crippen molar-refractivity contribution in [3.63, 3.8) is 0 Å². The normalized spacial score (nSPS) is 24.7. The largest absolute Gasteiger partial charge is 0.302 e. The minimum atomic E-state index is -0.417. The average molecular weight is 236 g/mol. The third-order valence-corrected chi connectivity index (χ3v) is 4.02. The zero-order chi connectivity index (χ0) is 12.6. The van der Waals surface area contributed by atoms with Crippen LogP contribution in [0.25, 0.3) is 5.57 Å². The number of aldehydes is 1. The van der Waals surface area contributed by atoms with E-state index >= 15 is 0 Å². The first kappa shape index (κ1) is 11.2. The second-order valence-corrected chi connectivity index (χ2v) is 5.02. The fraction of sp³-hybridized carbons (Fsp3) is 0.235. The van der Waals surface area contributed by atoms with Gasteiger partial charge in [-0.15, -0.1) is 0 Å². The van der Waals surface area contributed by atoms with E-state index in [0.717, 1.165) is 19.1 Å². The van der Waals surface area contributed by atoms with Gasteiger partial charge in [-0.3, -0.25) is 0 Å². The van der Waals surface area contributed by atoms with Crippen LogP contribution in [0.5, 0.6) is 0 Å². The second-order valence-electron chi connectivity index (χ2n) is 5.02. The van der Waals surface area contributed by atoms with Crippen LogP contribution in [-0.2, 0) is 11.2 Å². The fourth-order valence-corrected chi connectivity index (χ4v) is 2.70. The molecule has 1 aromatic rings. The molecule has 1 aromatic carbocycles. The maximum absolute atomic E-state index is 11.3. The molecule has 0 fully saturated rings. The Morgan fingerprint density at radius 1 is 1.22 bits per heavy atom. The number of carbonyl (C=O) groups is 1. The Kier molecular flexibility index (Phi) is 2.55. The van der Waals surface area contributed by atoms with Gasteiger partial charge in [0.1, 0.15) is 6.29 Å². The van der Waals surface area contributed by atoms with Crippen LogP contribution in [0.4, 0.5) is 0 Å². The molecule has 0 aliphatic heterocycles. The van der Waals surface area contributed by atoms with E-state index in [2.05, 4.69) is 36.4 Å². The van der Waals surface area contributed by atoms with E-state index in [1.165, 1.54) is 22.3 Å². The number of carbonyl (C=O) groups excluding carboxylic acids is 1. The van der Waals surface area contributed by atoms with Gasteiger partial charge in [0.25, 0.3) is 0 Å². The predicted molar refractivity (Wildman–Crippen MR) is 74.1 cm³/mol. The maximum Gasteiger partial charge on any atom is 0.133 e. The molecule has 1 atom stereocenters. The summed E-state index contributed by atoms with van der Waals surface area (Å²) >= 11 is 0. The first-order chi connectivity index (χ1) is 8.78. The topological polar surface area (TPSA) is 17.1 Å². The molecule has 0 heterocycles. The quantitative estimate of drug-likeness (QED) is 0.715. The van der Waals surface area contributed by atoms with Gasteiger partial charge in [-0.25, -0.2) is 0 Å². The number of rotatable bonds is 2. The van der Waals surface area contributed by atoms with Gasteiger partial charge in [-0.1, -0.05) is 55.5 Å². The summed E-state index contributed by atoms with van der Waals surface area (Å²) in [5.41, 5.74) is 4.88. The summed E-state index contributed by atoms with van der Waals surface area (Å²) in [6, 6.07) is 8.50. The lowest BCUT2D eigenvalue weighted by Crippen LogP contribution is -2.14. The van der Waals surface area contributed by atoms with E-state index in [1.807, 2.05) is 19.1 Å². The molecule has 0 amide bonds. The maximum atomic E-state index is 11.3. The highest BCUT2D eigenvalue weighted by Gasteiger charge is 2.26.